The molecule has 0 aliphatic rings. The van der Waals surface area contributed by atoms with E-state index in [9.17, 15) is 10.1 Å². The highest BCUT2D eigenvalue weighted by molar-refractivity contribution is 6.31. The number of hydrogen-bond donors (Lipinski definition) is 0. The Balaban J connectivity index is 2.29. The lowest BCUT2D eigenvalue weighted by molar-refractivity contribution is -0.386. The van der Waals surface area contributed by atoms with Crippen molar-refractivity contribution >= 4 is 17.3 Å². The van der Waals surface area contributed by atoms with Gasteiger partial charge in [-0.3, -0.25) is 10.1 Å². The van der Waals surface area contributed by atoms with E-state index in [-0.39, 0.29) is 17.1 Å². The maximum absolute atomic E-state index is 10.9. The Bertz CT molecular complexity index is 592. The van der Waals surface area contributed by atoms with Crippen molar-refractivity contribution in [1.82, 2.24) is 9.97 Å². The maximum atomic E-state index is 10.9. The molecule has 1 unspecified atom stereocenters. The monoisotopic (exact) mass is 279 g/mol. The Morgan fingerprint density at radius 3 is 2.63 bits per heavy atom. The van der Waals surface area contributed by atoms with Gasteiger partial charge in [0.05, 0.1) is 4.92 Å². The molecular weight excluding hydrogens is 270 g/mol. The van der Waals surface area contributed by atoms with Gasteiger partial charge in [-0.05, 0) is 12.5 Å². The molecule has 1 atom stereocenters. The van der Waals surface area contributed by atoms with Gasteiger partial charge in [0.15, 0.2) is 0 Å². The van der Waals surface area contributed by atoms with Gasteiger partial charge in [0.1, 0.15) is 12.4 Å². The second kappa shape index (κ2) is 5.62. The minimum atomic E-state index is -0.657. The van der Waals surface area contributed by atoms with E-state index in [4.69, 9.17) is 16.3 Å². The predicted molar refractivity (Wildman–Crippen MR) is 69.2 cm³/mol. The normalized spacial score (nSPS) is 11.9. The number of nitrogens with zero attached hydrogens (tertiary/aromatic N) is 3. The van der Waals surface area contributed by atoms with Crippen LogP contribution in [0.25, 0.3) is 0 Å². The Morgan fingerprint density at radius 1 is 1.32 bits per heavy atom. The van der Waals surface area contributed by atoms with E-state index in [0.717, 1.165) is 11.9 Å². The fourth-order valence-electron chi connectivity index (χ4n) is 1.54. The van der Waals surface area contributed by atoms with Crippen LogP contribution >= 0.6 is 11.6 Å². The Kier molecular flexibility index (Phi) is 3.91. The van der Waals surface area contributed by atoms with Gasteiger partial charge in [0, 0.05) is 0 Å². The molecule has 0 aliphatic heterocycles. The number of hydrogen-bond acceptors (Lipinski definition) is 5. The first-order chi connectivity index (χ1) is 9.09. The third-order valence-corrected chi connectivity index (χ3v) is 2.76. The molecule has 0 N–H and O–H groups in total. The molecule has 0 radical (unpaired) electrons. The van der Waals surface area contributed by atoms with Crippen LogP contribution in [-0.2, 0) is 0 Å². The fraction of sp³-hybridized carbons (Fsp3) is 0.167. The molecule has 1 aromatic carbocycles. The average Bonchev–Trinajstić information content (AvgIpc) is 2.39. The number of nitro groups is 1. The lowest BCUT2D eigenvalue weighted by Gasteiger charge is -2.13. The fourth-order valence-corrected chi connectivity index (χ4v) is 1.74. The summed E-state index contributed by atoms with van der Waals surface area (Å²) in [5, 5.41) is 10.7. The van der Waals surface area contributed by atoms with Gasteiger partial charge in [-0.25, -0.2) is 4.98 Å². The van der Waals surface area contributed by atoms with Crippen LogP contribution in [0, 0.1) is 10.1 Å². The highest BCUT2D eigenvalue weighted by Crippen LogP contribution is 2.33. The lowest BCUT2D eigenvalue weighted by atomic mass is 10.1. The van der Waals surface area contributed by atoms with Crippen molar-refractivity contribution in [3.8, 4) is 5.88 Å². The van der Waals surface area contributed by atoms with Crippen LogP contribution in [0.15, 0.2) is 36.7 Å². The molecule has 1 heterocycles. The predicted octanol–water partition coefficient (Wildman–Crippen LogP) is 3.18. The van der Waals surface area contributed by atoms with Crippen molar-refractivity contribution in [3.63, 3.8) is 0 Å². The summed E-state index contributed by atoms with van der Waals surface area (Å²) in [6, 6.07) is 9.31. The molecule has 1 aromatic heterocycles. The summed E-state index contributed by atoms with van der Waals surface area (Å²) in [4.78, 5) is 17.6. The van der Waals surface area contributed by atoms with Crippen LogP contribution in [0.5, 0.6) is 5.88 Å². The molecule has 2 aromatic rings. The maximum Gasteiger partial charge on any atom is 0.367 e. The van der Waals surface area contributed by atoms with Crippen LogP contribution < -0.4 is 4.74 Å². The zero-order valence-corrected chi connectivity index (χ0v) is 10.7. The summed E-state index contributed by atoms with van der Waals surface area (Å²) < 4.78 is 5.50. The molecule has 0 saturated heterocycles. The Labute approximate surface area is 114 Å². The van der Waals surface area contributed by atoms with Gasteiger partial charge in [-0.15, -0.1) is 0 Å². The highest BCUT2D eigenvalue weighted by atomic mass is 35.5. The molecule has 0 aliphatic carbocycles. The van der Waals surface area contributed by atoms with Gasteiger partial charge in [0.2, 0.25) is 5.15 Å². The number of benzene rings is 1. The van der Waals surface area contributed by atoms with Gasteiger partial charge in [0.25, 0.3) is 5.88 Å². The summed E-state index contributed by atoms with van der Waals surface area (Å²) in [5.74, 6) is -0.138. The molecule has 2 rings (SSSR count). The molecule has 0 fully saturated rings. The van der Waals surface area contributed by atoms with Crippen molar-refractivity contribution in [2.75, 3.05) is 0 Å². The van der Waals surface area contributed by atoms with Gasteiger partial charge < -0.3 is 4.74 Å². The van der Waals surface area contributed by atoms with E-state index >= 15 is 0 Å². The molecule has 0 bridgehead atoms. The minimum absolute atomic E-state index is 0.138. The minimum Gasteiger partial charge on any atom is -0.465 e. The second-order valence-corrected chi connectivity index (χ2v) is 4.10. The first kappa shape index (κ1) is 13.2. The van der Waals surface area contributed by atoms with Gasteiger partial charge in [-0.1, -0.05) is 41.9 Å². The van der Waals surface area contributed by atoms with Crippen LogP contribution in [0.1, 0.15) is 18.6 Å². The zero-order chi connectivity index (χ0) is 13.8. The van der Waals surface area contributed by atoms with E-state index < -0.39 is 10.6 Å². The van der Waals surface area contributed by atoms with E-state index in [1.165, 1.54) is 0 Å². The molecule has 0 spiro atoms. The summed E-state index contributed by atoms with van der Waals surface area (Å²) in [7, 11) is 0. The third-order valence-electron chi connectivity index (χ3n) is 2.48. The zero-order valence-electron chi connectivity index (χ0n) is 9.99. The molecule has 6 nitrogen and oxygen atoms in total. The molecule has 98 valence electrons. The van der Waals surface area contributed by atoms with Crippen LogP contribution in [0.4, 0.5) is 5.69 Å². The van der Waals surface area contributed by atoms with Crippen molar-refractivity contribution in [2.45, 2.75) is 13.0 Å². The molecule has 19 heavy (non-hydrogen) atoms. The number of rotatable bonds is 4. The number of ether oxygens (including phenoxy) is 1. The quantitative estimate of drug-likeness (QED) is 0.488. The highest BCUT2D eigenvalue weighted by Gasteiger charge is 2.24. The first-order valence-corrected chi connectivity index (χ1v) is 5.84. The van der Waals surface area contributed by atoms with E-state index in [2.05, 4.69) is 9.97 Å². The van der Waals surface area contributed by atoms with Crippen LogP contribution in [0.3, 0.4) is 0 Å². The lowest BCUT2D eigenvalue weighted by Crippen LogP contribution is -2.07. The third kappa shape index (κ3) is 2.97. The molecular formula is C12H10ClN3O3. The molecule has 0 saturated carbocycles. The number of aromatic nitrogens is 2. The molecule has 7 heteroatoms. The van der Waals surface area contributed by atoms with Crippen molar-refractivity contribution in [1.29, 1.82) is 0 Å². The number of halogens is 1. The summed E-state index contributed by atoms with van der Waals surface area (Å²) >= 11 is 5.68. The topological polar surface area (TPSA) is 78.2 Å². The second-order valence-electron chi connectivity index (χ2n) is 3.75. The smallest absolute Gasteiger partial charge is 0.367 e. The van der Waals surface area contributed by atoms with E-state index in [0.29, 0.717) is 0 Å². The SMILES string of the molecule is CC(Oc1ncnc(Cl)c1[N+](=O)[O-])c1ccccc1. The van der Waals surface area contributed by atoms with Crippen LogP contribution in [0.2, 0.25) is 5.15 Å². The van der Waals surface area contributed by atoms with E-state index in [1.54, 1.807) is 6.92 Å². The van der Waals surface area contributed by atoms with Crippen LogP contribution in [-0.4, -0.2) is 14.9 Å². The van der Waals surface area contributed by atoms with Crippen molar-refractivity contribution in [3.05, 3.63) is 57.5 Å². The van der Waals surface area contributed by atoms with Crippen molar-refractivity contribution in [2.24, 2.45) is 0 Å². The summed E-state index contributed by atoms with van der Waals surface area (Å²) in [5.41, 5.74) is 0.457. The summed E-state index contributed by atoms with van der Waals surface area (Å²) in [6.07, 6.45) is 0.744. The standard InChI is InChI=1S/C12H10ClN3O3/c1-8(9-5-3-2-4-6-9)19-12-10(16(17)18)11(13)14-7-15-12/h2-8H,1H3. The largest absolute Gasteiger partial charge is 0.465 e. The van der Waals surface area contributed by atoms with Crippen molar-refractivity contribution < 1.29 is 9.66 Å². The first-order valence-electron chi connectivity index (χ1n) is 5.46. The van der Waals surface area contributed by atoms with Gasteiger partial charge in [-0.2, -0.15) is 4.98 Å². The average molecular weight is 280 g/mol. The Morgan fingerprint density at radius 2 is 2.00 bits per heavy atom. The molecule has 0 amide bonds. The van der Waals surface area contributed by atoms with Gasteiger partial charge >= 0.3 is 5.69 Å². The van der Waals surface area contributed by atoms with E-state index in [1.807, 2.05) is 30.3 Å². The Hall–Kier alpha value is -2.21. The summed E-state index contributed by atoms with van der Waals surface area (Å²) in [6.45, 7) is 1.77.